The summed E-state index contributed by atoms with van der Waals surface area (Å²) < 4.78 is 0. The number of pyridine rings is 1. The van der Waals surface area contributed by atoms with E-state index in [0.717, 1.165) is 28.1 Å². The average Bonchev–Trinajstić information content (AvgIpc) is 3.23. The van der Waals surface area contributed by atoms with E-state index in [1.54, 1.807) is 12.4 Å². The summed E-state index contributed by atoms with van der Waals surface area (Å²) >= 11 is 6.55. The number of anilines is 1. The number of nitrogens with zero attached hydrogens (tertiary/aromatic N) is 2. The lowest BCUT2D eigenvalue weighted by atomic mass is 10.0. The summed E-state index contributed by atoms with van der Waals surface area (Å²) in [6.45, 7) is 0. The van der Waals surface area contributed by atoms with Crippen molar-refractivity contribution in [2.24, 2.45) is 5.16 Å². The van der Waals surface area contributed by atoms with E-state index in [2.05, 4.69) is 15.5 Å². The number of benzene rings is 2. The van der Waals surface area contributed by atoms with Gasteiger partial charge < -0.3 is 10.2 Å². The molecular formula is C23H21Cl2N3O2. The Labute approximate surface area is 186 Å². The van der Waals surface area contributed by atoms with Gasteiger partial charge in [-0.25, -0.2) is 0 Å². The minimum Gasteiger partial charge on any atom is -0.391 e. The third-order valence-electron chi connectivity index (χ3n) is 4.72. The largest absolute Gasteiger partial charge is 0.391 e. The van der Waals surface area contributed by atoms with Crippen LogP contribution >= 0.6 is 24.0 Å². The van der Waals surface area contributed by atoms with Crippen molar-refractivity contribution in [2.75, 3.05) is 5.32 Å². The number of halogens is 2. The highest BCUT2D eigenvalue weighted by atomic mass is 35.5. The van der Waals surface area contributed by atoms with Crippen LogP contribution in [0.25, 0.3) is 0 Å². The average molecular weight is 442 g/mol. The van der Waals surface area contributed by atoms with Gasteiger partial charge in [-0.2, -0.15) is 0 Å². The molecule has 3 aromatic rings. The van der Waals surface area contributed by atoms with E-state index in [-0.39, 0.29) is 36.2 Å². The number of carbonyl (C=O) groups excluding carboxylic acids is 1. The molecule has 2 aromatic carbocycles. The van der Waals surface area contributed by atoms with Crippen molar-refractivity contribution in [3.05, 3.63) is 95.8 Å². The lowest BCUT2D eigenvalue weighted by Gasteiger charge is -2.12. The first-order valence-electron chi connectivity index (χ1n) is 9.41. The number of nitrogens with one attached hydrogen (secondary N) is 1. The number of alkyl halides is 1. The number of oxime groups is 1. The molecule has 4 rings (SSSR count). The molecule has 7 heteroatoms. The summed E-state index contributed by atoms with van der Waals surface area (Å²) in [5, 5.41) is 6.77. The Morgan fingerprint density at radius 2 is 1.80 bits per heavy atom. The van der Waals surface area contributed by atoms with Crippen LogP contribution in [0.4, 0.5) is 5.69 Å². The molecule has 1 aromatic heterocycles. The van der Waals surface area contributed by atoms with E-state index in [4.69, 9.17) is 16.4 Å². The van der Waals surface area contributed by atoms with E-state index in [0.29, 0.717) is 6.42 Å². The summed E-state index contributed by atoms with van der Waals surface area (Å²) in [5.74, 6) is -0.115. The lowest BCUT2D eigenvalue weighted by Crippen LogP contribution is -2.20. The number of amides is 1. The number of aromatic nitrogens is 1. The second kappa shape index (κ2) is 10.2. The first-order chi connectivity index (χ1) is 14.2. The van der Waals surface area contributed by atoms with Crippen molar-refractivity contribution in [1.82, 2.24) is 4.98 Å². The summed E-state index contributed by atoms with van der Waals surface area (Å²) in [4.78, 5) is 21.9. The van der Waals surface area contributed by atoms with Crippen LogP contribution in [0.5, 0.6) is 0 Å². The molecule has 2 heterocycles. The Morgan fingerprint density at radius 3 is 2.50 bits per heavy atom. The predicted molar refractivity (Wildman–Crippen MR) is 121 cm³/mol. The molecule has 0 saturated heterocycles. The second-order valence-electron chi connectivity index (χ2n) is 6.86. The molecule has 30 heavy (non-hydrogen) atoms. The molecule has 0 fully saturated rings. The summed E-state index contributed by atoms with van der Waals surface area (Å²) in [6.07, 6.45) is 4.00. The molecule has 154 valence electrons. The molecule has 1 N–H and O–H groups in total. The number of rotatable bonds is 6. The molecule has 0 aliphatic carbocycles. The number of carbonyl (C=O) groups is 1. The van der Waals surface area contributed by atoms with Gasteiger partial charge in [-0.05, 0) is 35.4 Å². The SMILES string of the molecule is Cl.O=C(CC1CC(c2cccnc2)=NO1)Nc1ccc(C(Cl)c2ccccc2)cc1. The molecular weight excluding hydrogens is 421 g/mol. The highest BCUT2D eigenvalue weighted by molar-refractivity contribution is 6.22. The number of hydrogen-bond donors (Lipinski definition) is 1. The van der Waals surface area contributed by atoms with Gasteiger partial charge in [0.15, 0.2) is 0 Å². The molecule has 0 bridgehead atoms. The molecule has 1 aliphatic heterocycles. The van der Waals surface area contributed by atoms with E-state index in [1.807, 2.05) is 66.7 Å². The fourth-order valence-corrected chi connectivity index (χ4v) is 3.50. The standard InChI is InChI=1S/C23H20ClN3O2.ClH/c24-23(16-5-2-1-3-6-16)17-8-10-19(11-9-17)26-22(28)14-20-13-21(27-29-20)18-7-4-12-25-15-18;/h1-12,15,20,23H,13-14H2,(H,26,28);1H. The van der Waals surface area contributed by atoms with E-state index >= 15 is 0 Å². The fourth-order valence-electron chi connectivity index (χ4n) is 3.21. The molecule has 1 amide bonds. The van der Waals surface area contributed by atoms with Crippen LogP contribution in [0.3, 0.4) is 0 Å². The molecule has 0 radical (unpaired) electrons. The van der Waals surface area contributed by atoms with Crippen LogP contribution in [0.2, 0.25) is 0 Å². The van der Waals surface area contributed by atoms with Crippen molar-refractivity contribution in [1.29, 1.82) is 0 Å². The fraction of sp³-hybridized carbons (Fsp3) is 0.174. The van der Waals surface area contributed by atoms with Crippen LogP contribution < -0.4 is 5.32 Å². The smallest absolute Gasteiger partial charge is 0.228 e. The third-order valence-corrected chi connectivity index (χ3v) is 5.22. The van der Waals surface area contributed by atoms with E-state index in [1.165, 1.54) is 0 Å². The maximum atomic E-state index is 12.4. The van der Waals surface area contributed by atoms with Gasteiger partial charge in [0.25, 0.3) is 0 Å². The Bertz CT molecular complexity index is 996. The second-order valence-corrected chi connectivity index (χ2v) is 7.30. The summed E-state index contributed by atoms with van der Waals surface area (Å²) in [6, 6.07) is 21.2. The maximum absolute atomic E-state index is 12.4. The van der Waals surface area contributed by atoms with Crippen molar-refractivity contribution in [2.45, 2.75) is 24.3 Å². The Hall–Kier alpha value is -2.89. The maximum Gasteiger partial charge on any atom is 0.228 e. The molecule has 0 saturated carbocycles. The lowest BCUT2D eigenvalue weighted by molar-refractivity contribution is -0.118. The van der Waals surface area contributed by atoms with Gasteiger partial charge in [0.1, 0.15) is 6.10 Å². The Morgan fingerprint density at radius 1 is 1.07 bits per heavy atom. The van der Waals surface area contributed by atoms with Crippen LogP contribution in [0.1, 0.15) is 34.9 Å². The molecule has 0 spiro atoms. The van der Waals surface area contributed by atoms with Gasteiger partial charge in [-0.1, -0.05) is 47.6 Å². The quantitative estimate of drug-likeness (QED) is 0.524. The third kappa shape index (κ3) is 5.38. The first kappa shape index (κ1) is 21.8. The molecule has 2 unspecified atom stereocenters. The van der Waals surface area contributed by atoms with Crippen LogP contribution in [0, 0.1) is 0 Å². The van der Waals surface area contributed by atoms with Gasteiger partial charge in [0.05, 0.1) is 17.5 Å². The van der Waals surface area contributed by atoms with Gasteiger partial charge >= 0.3 is 0 Å². The molecule has 1 aliphatic rings. The van der Waals surface area contributed by atoms with Gasteiger partial charge in [0.2, 0.25) is 5.91 Å². The van der Waals surface area contributed by atoms with Crippen molar-refractivity contribution >= 4 is 41.3 Å². The van der Waals surface area contributed by atoms with Crippen LogP contribution in [-0.4, -0.2) is 22.7 Å². The van der Waals surface area contributed by atoms with E-state index < -0.39 is 0 Å². The molecule has 2 atom stereocenters. The van der Waals surface area contributed by atoms with Gasteiger partial charge in [-0.3, -0.25) is 9.78 Å². The normalized spacial score (nSPS) is 16.0. The van der Waals surface area contributed by atoms with Gasteiger partial charge in [-0.15, -0.1) is 24.0 Å². The summed E-state index contributed by atoms with van der Waals surface area (Å²) in [7, 11) is 0. The monoisotopic (exact) mass is 441 g/mol. The minimum atomic E-state index is -0.269. The Balaban J connectivity index is 0.00000256. The van der Waals surface area contributed by atoms with Crippen molar-refractivity contribution < 1.29 is 9.63 Å². The van der Waals surface area contributed by atoms with Crippen molar-refractivity contribution in [3.63, 3.8) is 0 Å². The topological polar surface area (TPSA) is 63.6 Å². The number of hydrogen-bond acceptors (Lipinski definition) is 4. The van der Waals surface area contributed by atoms with Gasteiger partial charge in [0, 0.05) is 30.1 Å². The zero-order chi connectivity index (χ0) is 20.1. The molecule has 5 nitrogen and oxygen atoms in total. The van der Waals surface area contributed by atoms with E-state index in [9.17, 15) is 4.79 Å². The Kier molecular flexibility index (Phi) is 7.44. The zero-order valence-corrected chi connectivity index (χ0v) is 17.6. The highest BCUT2D eigenvalue weighted by Gasteiger charge is 2.25. The minimum absolute atomic E-state index is 0. The van der Waals surface area contributed by atoms with Crippen molar-refractivity contribution in [3.8, 4) is 0 Å². The summed E-state index contributed by atoms with van der Waals surface area (Å²) in [5.41, 5.74) is 4.47. The zero-order valence-electron chi connectivity index (χ0n) is 16.1. The highest BCUT2D eigenvalue weighted by Crippen LogP contribution is 2.29. The first-order valence-corrected chi connectivity index (χ1v) is 9.84. The van der Waals surface area contributed by atoms with Crippen LogP contribution in [0.15, 0.2) is 84.3 Å². The predicted octanol–water partition coefficient (Wildman–Crippen LogP) is 5.35. The van der Waals surface area contributed by atoms with Crippen LogP contribution in [-0.2, 0) is 9.63 Å².